The number of anilines is 2. The molecule has 1 aliphatic carbocycles. The topological polar surface area (TPSA) is 96.0 Å². The Morgan fingerprint density at radius 2 is 1.69 bits per heavy atom. The highest BCUT2D eigenvalue weighted by Gasteiger charge is 2.55. The highest BCUT2D eigenvalue weighted by molar-refractivity contribution is 6.25. The van der Waals surface area contributed by atoms with Gasteiger partial charge in [0.05, 0.1) is 16.7 Å². The quantitative estimate of drug-likeness (QED) is 0.550. The van der Waals surface area contributed by atoms with Crippen LogP contribution in [-0.4, -0.2) is 21.9 Å². The third kappa shape index (κ3) is 1.75. The van der Waals surface area contributed by atoms with E-state index in [2.05, 4.69) is 15.6 Å². The maximum Gasteiger partial charge on any atom is 0.329 e. The standard InChI is InChI=1S/C22H16N4O3/c1-26-19-16(20(28)25-21(26)29)22(10-23-14-9-5-4-8-13(14)22)15-17(24-19)11-6-2-3-7-12(11)18(15)27/h2-9,23-24H,10H2,1H3,(H,25,28,29). The lowest BCUT2D eigenvalue weighted by Crippen LogP contribution is -2.47. The van der Waals surface area contributed by atoms with Crippen LogP contribution >= 0.6 is 0 Å². The first-order valence-electron chi connectivity index (χ1n) is 9.37. The summed E-state index contributed by atoms with van der Waals surface area (Å²) in [6.45, 7) is 0.362. The van der Waals surface area contributed by atoms with E-state index >= 15 is 0 Å². The number of H-pyrrole nitrogens is 1. The van der Waals surface area contributed by atoms with Gasteiger partial charge in [-0.3, -0.25) is 19.1 Å². The van der Waals surface area contributed by atoms with Crippen LogP contribution in [0, 0.1) is 0 Å². The fraction of sp³-hybridized carbons (Fsp3) is 0.136. The van der Waals surface area contributed by atoms with E-state index in [1.54, 1.807) is 13.1 Å². The number of hydrogen-bond donors (Lipinski definition) is 3. The lowest BCUT2D eigenvalue weighted by molar-refractivity contribution is 0.102. The minimum atomic E-state index is -0.984. The molecule has 0 saturated heterocycles. The molecule has 1 aromatic heterocycles. The minimum Gasteiger partial charge on any atom is -0.383 e. The summed E-state index contributed by atoms with van der Waals surface area (Å²) in [5.74, 6) is 0.320. The summed E-state index contributed by atoms with van der Waals surface area (Å²) < 4.78 is 1.40. The highest BCUT2D eigenvalue weighted by Crippen LogP contribution is 2.55. The number of ketones is 1. The van der Waals surface area contributed by atoms with Crippen LogP contribution in [0.2, 0.25) is 0 Å². The van der Waals surface area contributed by atoms with Gasteiger partial charge in [-0.05, 0) is 11.6 Å². The molecule has 0 fully saturated rings. The number of fused-ring (bicyclic) bond motifs is 7. The van der Waals surface area contributed by atoms with E-state index in [0.717, 1.165) is 16.8 Å². The van der Waals surface area contributed by atoms with Crippen LogP contribution in [-0.2, 0) is 12.5 Å². The summed E-state index contributed by atoms with van der Waals surface area (Å²) in [4.78, 5) is 41.4. The van der Waals surface area contributed by atoms with E-state index in [9.17, 15) is 14.4 Å². The van der Waals surface area contributed by atoms with Crippen molar-refractivity contribution in [3.05, 3.63) is 97.2 Å². The number of para-hydroxylation sites is 1. The molecule has 3 heterocycles. The SMILES string of the molecule is Cn1c2c(c(=O)[nH]c1=O)C1(CNc3ccccc31)C1=C(N2)c2ccccc2C1=O. The summed E-state index contributed by atoms with van der Waals surface area (Å²) in [7, 11) is 1.61. The number of carbonyl (C=O) groups excluding carboxylic acids is 1. The molecule has 2 aliphatic heterocycles. The molecule has 0 saturated carbocycles. The lowest BCUT2D eigenvalue weighted by atomic mass is 9.68. The van der Waals surface area contributed by atoms with Crippen LogP contribution in [0.5, 0.6) is 0 Å². The average molecular weight is 384 g/mol. The number of aromatic amines is 1. The minimum absolute atomic E-state index is 0.0968. The van der Waals surface area contributed by atoms with Crippen molar-refractivity contribution in [2.45, 2.75) is 5.41 Å². The number of nitrogens with one attached hydrogen (secondary N) is 3. The molecule has 3 N–H and O–H groups in total. The predicted octanol–water partition coefficient (Wildman–Crippen LogP) is 1.82. The Labute approximate surface area is 164 Å². The fourth-order valence-corrected chi connectivity index (χ4v) is 5.00. The van der Waals surface area contributed by atoms with E-state index < -0.39 is 16.7 Å². The molecule has 6 rings (SSSR count). The second-order valence-corrected chi connectivity index (χ2v) is 7.60. The molecule has 2 aromatic carbocycles. The molecule has 1 spiro atoms. The predicted molar refractivity (Wildman–Crippen MR) is 109 cm³/mol. The number of rotatable bonds is 0. The first-order valence-corrected chi connectivity index (χ1v) is 9.37. The van der Waals surface area contributed by atoms with Crippen molar-refractivity contribution in [2.75, 3.05) is 17.2 Å². The third-order valence-electron chi connectivity index (χ3n) is 6.27. The molecule has 0 bridgehead atoms. The second-order valence-electron chi connectivity index (χ2n) is 7.60. The second kappa shape index (κ2) is 5.14. The van der Waals surface area contributed by atoms with Crippen LogP contribution in [0.25, 0.3) is 5.70 Å². The Morgan fingerprint density at radius 3 is 2.52 bits per heavy atom. The summed E-state index contributed by atoms with van der Waals surface area (Å²) >= 11 is 0. The van der Waals surface area contributed by atoms with Crippen molar-refractivity contribution in [2.24, 2.45) is 7.05 Å². The van der Waals surface area contributed by atoms with Crippen molar-refractivity contribution in [3.8, 4) is 0 Å². The smallest absolute Gasteiger partial charge is 0.329 e. The van der Waals surface area contributed by atoms with E-state index in [-0.39, 0.29) is 5.78 Å². The number of hydrogen-bond acceptors (Lipinski definition) is 5. The molecule has 1 atom stereocenters. The average Bonchev–Trinajstić information content (AvgIpc) is 3.24. The van der Waals surface area contributed by atoms with Gasteiger partial charge >= 0.3 is 5.69 Å². The monoisotopic (exact) mass is 384 g/mol. The van der Waals surface area contributed by atoms with E-state index in [0.29, 0.717) is 34.8 Å². The number of nitrogens with zero attached hydrogens (tertiary/aromatic N) is 1. The lowest BCUT2D eigenvalue weighted by Gasteiger charge is -2.37. The van der Waals surface area contributed by atoms with Crippen LogP contribution in [0.15, 0.2) is 63.7 Å². The molecule has 0 amide bonds. The van der Waals surface area contributed by atoms with Crippen molar-refractivity contribution in [1.82, 2.24) is 9.55 Å². The van der Waals surface area contributed by atoms with Crippen molar-refractivity contribution in [3.63, 3.8) is 0 Å². The van der Waals surface area contributed by atoms with Crippen LogP contribution < -0.4 is 21.9 Å². The summed E-state index contributed by atoms with van der Waals surface area (Å²) in [5, 5.41) is 6.62. The number of carbonyl (C=O) groups is 1. The van der Waals surface area contributed by atoms with E-state index in [1.807, 2.05) is 42.5 Å². The highest BCUT2D eigenvalue weighted by atomic mass is 16.2. The molecule has 1 unspecified atom stereocenters. The Kier molecular flexibility index (Phi) is 2.86. The van der Waals surface area contributed by atoms with Gasteiger partial charge in [-0.2, -0.15) is 0 Å². The first kappa shape index (κ1) is 16.1. The Bertz CT molecular complexity index is 1410. The number of benzene rings is 2. The van der Waals surface area contributed by atoms with Crippen LogP contribution in [0.1, 0.15) is 27.0 Å². The zero-order valence-corrected chi connectivity index (χ0v) is 15.5. The van der Waals surface area contributed by atoms with E-state index in [1.165, 1.54) is 4.57 Å². The van der Waals surface area contributed by atoms with Gasteiger partial charge in [-0.1, -0.05) is 42.5 Å². The Hall–Kier alpha value is -3.87. The van der Waals surface area contributed by atoms with E-state index in [4.69, 9.17) is 0 Å². The number of aromatic nitrogens is 2. The van der Waals surface area contributed by atoms with Gasteiger partial charge in [0, 0.05) is 36.0 Å². The normalized spacial score (nSPS) is 20.7. The Morgan fingerprint density at radius 1 is 0.966 bits per heavy atom. The largest absolute Gasteiger partial charge is 0.383 e. The maximum absolute atomic E-state index is 13.6. The molecule has 0 radical (unpaired) electrons. The molecule has 142 valence electrons. The molecular formula is C22H16N4O3. The fourth-order valence-electron chi connectivity index (χ4n) is 5.00. The zero-order valence-electron chi connectivity index (χ0n) is 15.5. The van der Waals surface area contributed by atoms with Gasteiger partial charge in [0.2, 0.25) is 0 Å². The molecule has 7 heteroatoms. The van der Waals surface area contributed by atoms with Gasteiger partial charge < -0.3 is 10.6 Å². The Balaban J connectivity index is 1.80. The molecule has 3 aromatic rings. The maximum atomic E-state index is 13.6. The summed E-state index contributed by atoms with van der Waals surface area (Å²) in [6.07, 6.45) is 0. The van der Waals surface area contributed by atoms with Gasteiger partial charge in [0.25, 0.3) is 5.56 Å². The molecule has 3 aliphatic rings. The molecular weight excluding hydrogens is 368 g/mol. The first-order chi connectivity index (χ1) is 14.0. The van der Waals surface area contributed by atoms with Gasteiger partial charge in [-0.25, -0.2) is 4.79 Å². The van der Waals surface area contributed by atoms with Gasteiger partial charge in [0.15, 0.2) is 5.78 Å². The molecule has 7 nitrogen and oxygen atoms in total. The van der Waals surface area contributed by atoms with Gasteiger partial charge in [-0.15, -0.1) is 0 Å². The van der Waals surface area contributed by atoms with Crippen LogP contribution in [0.3, 0.4) is 0 Å². The molecule has 29 heavy (non-hydrogen) atoms. The van der Waals surface area contributed by atoms with Crippen LogP contribution in [0.4, 0.5) is 11.5 Å². The third-order valence-corrected chi connectivity index (χ3v) is 6.27. The van der Waals surface area contributed by atoms with Gasteiger partial charge in [0.1, 0.15) is 5.82 Å². The summed E-state index contributed by atoms with van der Waals surface area (Å²) in [5.41, 5.74) is 2.76. The zero-order chi connectivity index (χ0) is 19.9. The summed E-state index contributed by atoms with van der Waals surface area (Å²) in [6, 6.07) is 15.1. The van der Waals surface area contributed by atoms with Crippen molar-refractivity contribution in [1.29, 1.82) is 0 Å². The number of Topliss-reactive ketones (excluding diaryl/α,β-unsaturated/α-hetero) is 1. The van der Waals surface area contributed by atoms with Crippen molar-refractivity contribution >= 4 is 23.0 Å². The van der Waals surface area contributed by atoms with Crippen molar-refractivity contribution < 1.29 is 4.79 Å².